The first-order valence-corrected chi connectivity index (χ1v) is 10.9. The molecule has 2 aromatic carbocycles. The number of rotatable bonds is 7. The fraction of sp³-hybridized carbons (Fsp3) is 0.120. The van der Waals surface area contributed by atoms with Crippen LogP contribution in [0.5, 0.6) is 5.75 Å². The molecule has 1 fully saturated rings. The van der Waals surface area contributed by atoms with Crippen LogP contribution in [-0.2, 0) is 20.9 Å². The van der Waals surface area contributed by atoms with Crippen LogP contribution in [0.1, 0.15) is 16.9 Å². The normalized spacial score (nSPS) is 14.7. The van der Waals surface area contributed by atoms with Crippen molar-refractivity contribution < 1.29 is 28.3 Å². The zero-order valence-electron chi connectivity index (χ0n) is 18.5. The second-order valence-corrected chi connectivity index (χ2v) is 8.09. The number of carbonyl (C=O) groups is 4. The van der Waals surface area contributed by atoms with Gasteiger partial charge in [0.1, 0.15) is 17.1 Å². The van der Waals surface area contributed by atoms with E-state index in [9.17, 15) is 19.2 Å². The molecule has 1 aliphatic heterocycles. The van der Waals surface area contributed by atoms with E-state index in [-0.39, 0.29) is 35.4 Å². The third-order valence-corrected chi connectivity index (χ3v) is 5.34. The van der Waals surface area contributed by atoms with Gasteiger partial charge in [0, 0.05) is 5.69 Å². The van der Waals surface area contributed by atoms with Gasteiger partial charge >= 0.3 is 6.03 Å². The Morgan fingerprint density at radius 3 is 2.60 bits per heavy atom. The molecule has 10 heteroatoms. The minimum atomic E-state index is -0.834. The lowest BCUT2D eigenvalue weighted by molar-refractivity contribution is -0.130. The van der Waals surface area contributed by atoms with Crippen LogP contribution in [0, 0.1) is 6.92 Å². The Labute approximate surface area is 205 Å². The van der Waals surface area contributed by atoms with Gasteiger partial charge in [-0.25, -0.2) is 4.79 Å². The highest BCUT2D eigenvalue weighted by Crippen LogP contribution is 2.27. The van der Waals surface area contributed by atoms with E-state index >= 15 is 0 Å². The molecule has 1 saturated heterocycles. The van der Waals surface area contributed by atoms with Crippen LogP contribution in [-0.4, -0.2) is 35.3 Å². The molecule has 0 saturated carbocycles. The lowest BCUT2D eigenvalue weighted by Gasteiger charge is -2.25. The molecule has 0 unspecified atom stereocenters. The summed E-state index contributed by atoms with van der Waals surface area (Å²) in [5, 5.41) is 5.04. The van der Waals surface area contributed by atoms with Gasteiger partial charge in [0.05, 0.1) is 17.8 Å². The number of furan rings is 1. The van der Waals surface area contributed by atoms with Crippen molar-refractivity contribution in [3.8, 4) is 5.75 Å². The van der Waals surface area contributed by atoms with Crippen LogP contribution in [0.4, 0.5) is 10.5 Å². The van der Waals surface area contributed by atoms with Crippen molar-refractivity contribution in [2.75, 3.05) is 11.9 Å². The summed E-state index contributed by atoms with van der Waals surface area (Å²) in [6.07, 6.45) is 2.74. The minimum Gasteiger partial charge on any atom is -0.482 e. The molecule has 1 aromatic heterocycles. The van der Waals surface area contributed by atoms with E-state index < -0.39 is 17.8 Å². The highest BCUT2D eigenvalue weighted by Gasteiger charge is 2.36. The quantitative estimate of drug-likeness (QED) is 0.380. The third-order valence-electron chi connectivity index (χ3n) is 5.04. The number of nitrogens with one attached hydrogen (secondary N) is 2. The summed E-state index contributed by atoms with van der Waals surface area (Å²) in [6, 6.07) is 14.3. The smallest absolute Gasteiger partial charge is 0.331 e. The monoisotopic (exact) mass is 493 g/mol. The van der Waals surface area contributed by atoms with Gasteiger partial charge in [-0.2, -0.15) is 0 Å². The summed E-state index contributed by atoms with van der Waals surface area (Å²) in [7, 11) is 0. The van der Waals surface area contributed by atoms with Crippen molar-refractivity contribution in [1.82, 2.24) is 10.2 Å². The van der Waals surface area contributed by atoms with Crippen molar-refractivity contribution in [3.63, 3.8) is 0 Å². The first-order valence-electron chi connectivity index (χ1n) is 10.5. The molecule has 0 atom stereocenters. The number of hydrogen-bond acceptors (Lipinski definition) is 6. The summed E-state index contributed by atoms with van der Waals surface area (Å²) in [5.41, 5.74) is 1.91. The van der Waals surface area contributed by atoms with E-state index in [4.69, 9.17) is 20.8 Å². The first kappa shape index (κ1) is 23.8. The maximum atomic E-state index is 12.8. The molecule has 9 nitrogen and oxygen atoms in total. The van der Waals surface area contributed by atoms with Crippen molar-refractivity contribution >= 4 is 47.1 Å². The van der Waals surface area contributed by atoms with Crippen LogP contribution in [0.25, 0.3) is 6.08 Å². The van der Waals surface area contributed by atoms with E-state index in [1.807, 2.05) is 19.1 Å². The summed E-state index contributed by atoms with van der Waals surface area (Å²) in [4.78, 5) is 50.2. The summed E-state index contributed by atoms with van der Waals surface area (Å²) in [5.74, 6) is -1.30. The summed E-state index contributed by atoms with van der Waals surface area (Å²) < 4.78 is 10.7. The zero-order valence-corrected chi connectivity index (χ0v) is 19.3. The van der Waals surface area contributed by atoms with Gasteiger partial charge in [-0.1, -0.05) is 35.4 Å². The Morgan fingerprint density at radius 2 is 1.91 bits per heavy atom. The SMILES string of the molecule is Cc1ccc(NC(=O)COc2ccc(C=C3C(=O)NC(=O)N(Cc4ccco4)C3=O)cc2Cl)cc1. The number of nitrogens with zero attached hydrogens (tertiary/aromatic N) is 1. The molecule has 0 bridgehead atoms. The Hall–Kier alpha value is -4.37. The molecule has 5 amide bonds. The molecule has 1 aliphatic rings. The molecule has 35 heavy (non-hydrogen) atoms. The molecule has 0 radical (unpaired) electrons. The van der Waals surface area contributed by atoms with Gasteiger partial charge in [0.15, 0.2) is 6.61 Å². The lowest BCUT2D eigenvalue weighted by atomic mass is 10.1. The van der Waals surface area contributed by atoms with Crippen LogP contribution >= 0.6 is 11.6 Å². The first-order chi connectivity index (χ1) is 16.8. The average Bonchev–Trinajstić information content (AvgIpc) is 3.34. The van der Waals surface area contributed by atoms with Gasteiger partial charge in [0.2, 0.25) is 0 Å². The van der Waals surface area contributed by atoms with Crippen molar-refractivity contribution in [2.45, 2.75) is 13.5 Å². The number of benzene rings is 2. The predicted molar refractivity (Wildman–Crippen MR) is 128 cm³/mol. The average molecular weight is 494 g/mol. The van der Waals surface area contributed by atoms with Crippen LogP contribution in [0.3, 0.4) is 0 Å². The van der Waals surface area contributed by atoms with Crippen LogP contribution in [0.15, 0.2) is 70.9 Å². The Morgan fingerprint density at radius 1 is 1.14 bits per heavy atom. The highest BCUT2D eigenvalue weighted by atomic mass is 35.5. The maximum Gasteiger partial charge on any atom is 0.331 e. The minimum absolute atomic E-state index is 0.125. The topological polar surface area (TPSA) is 118 Å². The van der Waals surface area contributed by atoms with Gasteiger partial charge in [-0.3, -0.25) is 24.6 Å². The molecule has 4 rings (SSSR count). The van der Waals surface area contributed by atoms with Gasteiger partial charge in [-0.15, -0.1) is 0 Å². The maximum absolute atomic E-state index is 12.8. The number of imide groups is 2. The fourth-order valence-electron chi connectivity index (χ4n) is 3.26. The Balaban J connectivity index is 1.43. The number of urea groups is 1. The third kappa shape index (κ3) is 5.77. The molecule has 2 N–H and O–H groups in total. The number of barbiturate groups is 1. The van der Waals surface area contributed by atoms with Crippen LogP contribution in [0.2, 0.25) is 5.02 Å². The molecule has 178 valence electrons. The molecule has 2 heterocycles. The summed E-state index contributed by atoms with van der Waals surface area (Å²) >= 11 is 6.28. The van der Waals surface area contributed by atoms with Gasteiger partial charge in [-0.05, 0) is 55.0 Å². The van der Waals surface area contributed by atoms with Crippen LogP contribution < -0.4 is 15.4 Å². The van der Waals surface area contributed by atoms with Crippen molar-refractivity contribution in [2.24, 2.45) is 0 Å². The zero-order chi connectivity index (χ0) is 24.9. The predicted octanol–water partition coefficient (Wildman–Crippen LogP) is 3.92. The second kappa shape index (κ2) is 10.3. The number of amides is 5. The second-order valence-electron chi connectivity index (χ2n) is 7.68. The van der Waals surface area contributed by atoms with E-state index in [1.54, 1.807) is 30.3 Å². The van der Waals surface area contributed by atoms with Gasteiger partial charge < -0.3 is 14.5 Å². The number of ether oxygens (including phenoxy) is 1. The molecule has 0 spiro atoms. The molecular weight excluding hydrogens is 474 g/mol. The Kier molecular flexibility index (Phi) is 6.98. The fourth-order valence-corrected chi connectivity index (χ4v) is 3.51. The molecule has 0 aliphatic carbocycles. The van der Waals surface area contributed by atoms with Crippen molar-refractivity contribution in [3.05, 3.63) is 88.3 Å². The van der Waals surface area contributed by atoms with Gasteiger partial charge in [0.25, 0.3) is 17.7 Å². The number of carbonyl (C=O) groups excluding carboxylic acids is 4. The Bertz CT molecular complexity index is 1320. The molecular formula is C25H20ClN3O6. The number of aryl methyl sites for hydroxylation is 1. The molecule has 3 aromatic rings. The number of anilines is 1. The highest BCUT2D eigenvalue weighted by molar-refractivity contribution is 6.33. The standard InChI is InChI=1S/C25H20ClN3O6/c1-15-4-7-17(8-5-15)27-22(30)14-35-21-9-6-16(12-20(21)26)11-19-23(31)28-25(33)29(24(19)32)13-18-3-2-10-34-18/h2-12H,13-14H2,1H3,(H,27,30)(H,28,31,33). The van der Waals surface area contributed by atoms with E-state index in [1.165, 1.54) is 24.5 Å². The van der Waals surface area contributed by atoms with E-state index in [0.29, 0.717) is 17.0 Å². The summed E-state index contributed by atoms with van der Waals surface area (Å²) in [6.45, 7) is 1.56. The number of halogens is 1. The number of hydrogen-bond donors (Lipinski definition) is 2. The largest absolute Gasteiger partial charge is 0.482 e. The van der Waals surface area contributed by atoms with E-state index in [0.717, 1.165) is 10.5 Å². The van der Waals surface area contributed by atoms with E-state index in [2.05, 4.69) is 10.6 Å². The van der Waals surface area contributed by atoms with Crippen molar-refractivity contribution in [1.29, 1.82) is 0 Å². The lowest BCUT2D eigenvalue weighted by Crippen LogP contribution is -2.53.